The van der Waals surface area contributed by atoms with Gasteiger partial charge in [-0.3, -0.25) is 4.79 Å². The first-order valence-electron chi connectivity index (χ1n) is 5.91. The number of rotatable bonds is 3. The van der Waals surface area contributed by atoms with Gasteiger partial charge in [-0.1, -0.05) is 19.9 Å². The summed E-state index contributed by atoms with van der Waals surface area (Å²) in [5, 5.41) is 10.0. The number of hydrogen-bond acceptors (Lipinski definition) is 3. The number of allylic oxidation sites excluding steroid dienone is 1. The lowest BCUT2D eigenvalue weighted by atomic mass is 9.48. The second-order valence-corrected chi connectivity index (χ2v) is 5.54. The Hall–Kier alpha value is -0.830. The lowest BCUT2D eigenvalue weighted by Gasteiger charge is -2.57. The van der Waals surface area contributed by atoms with Gasteiger partial charge in [0.05, 0.1) is 19.6 Å². The quantitative estimate of drug-likeness (QED) is 0.588. The van der Waals surface area contributed by atoms with E-state index in [-0.39, 0.29) is 12.4 Å². The Kier molecular flexibility index (Phi) is 2.82. The third kappa shape index (κ3) is 1.67. The number of methoxy groups -OCH3 is 1. The van der Waals surface area contributed by atoms with Gasteiger partial charge in [-0.05, 0) is 35.7 Å². The van der Waals surface area contributed by atoms with Crippen LogP contribution in [0, 0.1) is 17.3 Å². The van der Waals surface area contributed by atoms with Crippen LogP contribution in [0.1, 0.15) is 33.1 Å². The zero-order valence-electron chi connectivity index (χ0n) is 10.2. The smallest absolute Gasteiger partial charge is 0.308 e. The molecule has 16 heavy (non-hydrogen) atoms. The van der Waals surface area contributed by atoms with Crippen molar-refractivity contribution in [3.8, 4) is 0 Å². The van der Waals surface area contributed by atoms with Crippen molar-refractivity contribution in [3.05, 3.63) is 11.6 Å². The SMILES string of the molecule is COC(=O)C[C@@H](O)C1=CCC2CC1C2(C)C. The van der Waals surface area contributed by atoms with Gasteiger partial charge in [0, 0.05) is 0 Å². The molecule has 2 bridgehead atoms. The van der Waals surface area contributed by atoms with Gasteiger partial charge in [-0.15, -0.1) is 0 Å². The molecular weight excluding hydrogens is 204 g/mol. The van der Waals surface area contributed by atoms with Gasteiger partial charge in [0.25, 0.3) is 0 Å². The van der Waals surface area contributed by atoms with Gasteiger partial charge in [-0.25, -0.2) is 0 Å². The number of carbonyl (C=O) groups excluding carboxylic acids is 1. The first kappa shape index (κ1) is 11.6. The highest BCUT2D eigenvalue weighted by molar-refractivity contribution is 5.70. The van der Waals surface area contributed by atoms with E-state index in [1.807, 2.05) is 0 Å². The lowest BCUT2D eigenvalue weighted by molar-refractivity contribution is -0.142. The summed E-state index contributed by atoms with van der Waals surface area (Å²) >= 11 is 0. The number of aliphatic hydroxyl groups is 1. The van der Waals surface area contributed by atoms with E-state index in [1.54, 1.807) is 0 Å². The topological polar surface area (TPSA) is 46.5 Å². The third-order valence-electron chi connectivity index (χ3n) is 4.48. The molecule has 0 amide bonds. The van der Waals surface area contributed by atoms with Crippen molar-refractivity contribution in [2.45, 2.75) is 39.2 Å². The monoisotopic (exact) mass is 224 g/mol. The van der Waals surface area contributed by atoms with Crippen molar-refractivity contribution in [2.75, 3.05) is 7.11 Å². The third-order valence-corrected chi connectivity index (χ3v) is 4.48. The molecule has 3 aliphatic rings. The van der Waals surface area contributed by atoms with Gasteiger partial charge in [0.2, 0.25) is 0 Å². The van der Waals surface area contributed by atoms with Crippen LogP contribution in [0.2, 0.25) is 0 Å². The summed E-state index contributed by atoms with van der Waals surface area (Å²) in [6.45, 7) is 4.51. The van der Waals surface area contributed by atoms with Gasteiger partial charge >= 0.3 is 5.97 Å². The number of aliphatic hydroxyl groups excluding tert-OH is 1. The Bertz CT molecular complexity index is 330. The highest BCUT2D eigenvalue weighted by Gasteiger charge is 2.52. The molecule has 0 saturated heterocycles. The minimum atomic E-state index is -0.655. The molecule has 3 heteroatoms. The molecule has 0 aliphatic heterocycles. The summed E-state index contributed by atoms with van der Waals surface area (Å²) in [6, 6.07) is 0. The molecule has 0 radical (unpaired) electrons. The van der Waals surface area contributed by atoms with E-state index < -0.39 is 6.10 Å². The molecule has 2 unspecified atom stereocenters. The molecule has 0 aromatic rings. The minimum absolute atomic E-state index is 0.0829. The molecule has 0 aromatic heterocycles. The molecule has 0 aromatic carbocycles. The van der Waals surface area contributed by atoms with Crippen LogP contribution < -0.4 is 0 Å². The summed E-state index contributed by atoms with van der Waals surface area (Å²) in [5.74, 6) is 0.866. The summed E-state index contributed by atoms with van der Waals surface area (Å²) in [5.41, 5.74) is 1.35. The van der Waals surface area contributed by atoms with Crippen LogP contribution in [0.25, 0.3) is 0 Å². The van der Waals surface area contributed by atoms with E-state index in [0.29, 0.717) is 11.3 Å². The molecule has 1 saturated carbocycles. The highest BCUT2D eigenvalue weighted by Crippen LogP contribution is 2.59. The van der Waals surface area contributed by atoms with Crippen LogP contribution in [0.3, 0.4) is 0 Å². The predicted molar refractivity (Wildman–Crippen MR) is 60.7 cm³/mol. The Labute approximate surface area is 96.5 Å². The molecular formula is C13H20O3. The van der Waals surface area contributed by atoms with Crippen molar-refractivity contribution in [1.82, 2.24) is 0 Å². The minimum Gasteiger partial charge on any atom is -0.469 e. The second kappa shape index (κ2) is 3.88. The van der Waals surface area contributed by atoms with Crippen molar-refractivity contribution < 1.29 is 14.6 Å². The normalized spacial score (nSPS) is 32.4. The van der Waals surface area contributed by atoms with E-state index in [0.717, 1.165) is 24.3 Å². The fourth-order valence-corrected chi connectivity index (χ4v) is 3.13. The van der Waals surface area contributed by atoms with E-state index in [4.69, 9.17) is 0 Å². The molecule has 3 rings (SSSR count). The standard InChI is InChI=1S/C13H20O3/c1-13(2)8-4-5-9(10(13)6-8)11(14)7-12(15)16-3/h5,8,10-11,14H,4,6-7H2,1-3H3/t8?,10?,11-/m1/s1. The highest BCUT2D eigenvalue weighted by atomic mass is 16.5. The average molecular weight is 224 g/mol. The fourth-order valence-electron chi connectivity index (χ4n) is 3.13. The van der Waals surface area contributed by atoms with E-state index >= 15 is 0 Å². The van der Waals surface area contributed by atoms with Crippen LogP contribution in [-0.4, -0.2) is 24.3 Å². The maximum atomic E-state index is 11.1. The van der Waals surface area contributed by atoms with Gasteiger partial charge in [-0.2, -0.15) is 0 Å². The van der Waals surface area contributed by atoms with E-state index in [9.17, 15) is 9.90 Å². The molecule has 0 spiro atoms. The zero-order chi connectivity index (χ0) is 11.9. The first-order chi connectivity index (χ1) is 7.46. The summed E-state index contributed by atoms with van der Waals surface area (Å²) in [6.07, 6.45) is 3.75. The Balaban J connectivity index is 2.05. The zero-order valence-corrected chi connectivity index (χ0v) is 10.2. The maximum absolute atomic E-state index is 11.1. The van der Waals surface area contributed by atoms with Crippen LogP contribution in [0.5, 0.6) is 0 Å². The van der Waals surface area contributed by atoms with Crippen LogP contribution in [0.4, 0.5) is 0 Å². The first-order valence-corrected chi connectivity index (χ1v) is 5.91. The summed E-state index contributed by atoms with van der Waals surface area (Å²) in [7, 11) is 1.35. The predicted octanol–water partition coefficient (Wildman–Crippen LogP) is 1.90. The molecule has 0 heterocycles. The van der Waals surface area contributed by atoms with E-state index in [2.05, 4.69) is 24.7 Å². The fraction of sp³-hybridized carbons (Fsp3) is 0.769. The number of ether oxygens (including phenoxy) is 1. The van der Waals surface area contributed by atoms with Gasteiger partial charge < -0.3 is 9.84 Å². The van der Waals surface area contributed by atoms with Crippen molar-refractivity contribution in [2.24, 2.45) is 17.3 Å². The number of carbonyl (C=O) groups is 1. The Morgan fingerprint density at radius 2 is 2.38 bits per heavy atom. The molecule has 3 aliphatic carbocycles. The molecule has 1 fully saturated rings. The van der Waals surface area contributed by atoms with Crippen molar-refractivity contribution in [1.29, 1.82) is 0 Å². The van der Waals surface area contributed by atoms with Gasteiger partial charge in [0.15, 0.2) is 0 Å². The molecule has 3 nitrogen and oxygen atoms in total. The summed E-state index contributed by atoms with van der Waals surface area (Å²) in [4.78, 5) is 11.1. The van der Waals surface area contributed by atoms with Crippen LogP contribution in [0.15, 0.2) is 11.6 Å². The summed E-state index contributed by atoms with van der Waals surface area (Å²) < 4.78 is 4.59. The number of esters is 1. The van der Waals surface area contributed by atoms with Gasteiger partial charge in [0.1, 0.15) is 0 Å². The van der Waals surface area contributed by atoms with E-state index in [1.165, 1.54) is 7.11 Å². The van der Waals surface area contributed by atoms with Crippen molar-refractivity contribution >= 4 is 5.97 Å². The Morgan fingerprint density at radius 1 is 1.69 bits per heavy atom. The molecule has 3 atom stereocenters. The number of hydrogen-bond donors (Lipinski definition) is 1. The van der Waals surface area contributed by atoms with Crippen molar-refractivity contribution in [3.63, 3.8) is 0 Å². The second-order valence-electron chi connectivity index (χ2n) is 5.54. The molecule has 90 valence electrons. The number of fused-ring (bicyclic) bond motifs is 1. The Morgan fingerprint density at radius 3 is 2.88 bits per heavy atom. The van der Waals surface area contributed by atoms with Crippen LogP contribution >= 0.6 is 0 Å². The average Bonchev–Trinajstić information content (AvgIpc) is 2.28. The largest absolute Gasteiger partial charge is 0.469 e. The maximum Gasteiger partial charge on any atom is 0.308 e. The molecule has 1 N–H and O–H groups in total. The van der Waals surface area contributed by atoms with Crippen LogP contribution in [-0.2, 0) is 9.53 Å². The lowest BCUT2D eigenvalue weighted by Crippen LogP contribution is -2.50.